The van der Waals surface area contributed by atoms with E-state index in [9.17, 15) is 9.18 Å². The third kappa shape index (κ3) is 5.11. The fraction of sp³-hybridized carbons (Fsp3) is 0.500. The van der Waals surface area contributed by atoms with Crippen LogP contribution in [0.1, 0.15) is 26.0 Å². The Morgan fingerprint density at radius 1 is 1.37 bits per heavy atom. The minimum absolute atomic E-state index is 0.0938. The average molecular weight is 392 g/mol. The summed E-state index contributed by atoms with van der Waals surface area (Å²) < 4.78 is 18.6. The molecule has 2 aromatic rings. The summed E-state index contributed by atoms with van der Waals surface area (Å²) in [5.41, 5.74) is 1.56. The van der Waals surface area contributed by atoms with Crippen molar-refractivity contribution in [3.8, 4) is 11.3 Å². The maximum Gasteiger partial charge on any atom is 0.237 e. The average Bonchev–Trinajstić information content (AvgIpc) is 3.07. The minimum atomic E-state index is -0.283. The van der Waals surface area contributed by atoms with Crippen molar-refractivity contribution in [3.05, 3.63) is 41.8 Å². The first-order valence-corrected chi connectivity index (χ1v) is 10.6. The van der Waals surface area contributed by atoms with E-state index in [0.29, 0.717) is 18.2 Å². The van der Waals surface area contributed by atoms with E-state index < -0.39 is 0 Å². The Balaban J connectivity index is 1.76. The zero-order valence-corrected chi connectivity index (χ0v) is 16.8. The Morgan fingerprint density at radius 2 is 2.11 bits per heavy atom. The number of rotatable bonds is 7. The van der Waals surface area contributed by atoms with Gasteiger partial charge in [-0.05, 0) is 42.9 Å². The van der Waals surface area contributed by atoms with Crippen LogP contribution in [0.15, 0.2) is 34.9 Å². The molecule has 0 aliphatic carbocycles. The first-order valence-electron chi connectivity index (χ1n) is 9.21. The highest BCUT2D eigenvalue weighted by Crippen LogP contribution is 2.24. The molecule has 1 amide bonds. The van der Waals surface area contributed by atoms with Gasteiger partial charge in [-0.15, -0.1) is 0 Å². The molecule has 2 heterocycles. The first kappa shape index (κ1) is 19.9. The molecule has 27 heavy (non-hydrogen) atoms. The zero-order chi connectivity index (χ0) is 19.4. The van der Waals surface area contributed by atoms with Gasteiger partial charge in [0, 0.05) is 30.5 Å². The molecule has 2 atom stereocenters. The Labute approximate surface area is 163 Å². The molecule has 1 aromatic heterocycles. The zero-order valence-electron chi connectivity index (χ0n) is 15.9. The van der Waals surface area contributed by atoms with E-state index in [4.69, 9.17) is 4.52 Å². The molecule has 3 rings (SSSR count). The van der Waals surface area contributed by atoms with Gasteiger partial charge in [0.05, 0.1) is 17.8 Å². The van der Waals surface area contributed by atoms with Gasteiger partial charge in [-0.25, -0.2) is 4.39 Å². The number of amides is 1. The Morgan fingerprint density at radius 3 is 2.78 bits per heavy atom. The summed E-state index contributed by atoms with van der Waals surface area (Å²) in [7, 11) is 0. The molecule has 0 bridgehead atoms. The lowest BCUT2D eigenvalue weighted by atomic mass is 9.98. The van der Waals surface area contributed by atoms with E-state index in [1.165, 1.54) is 12.1 Å². The molecule has 1 aromatic carbocycles. The first-order chi connectivity index (χ1) is 13.0. The summed E-state index contributed by atoms with van der Waals surface area (Å²) >= 11 is 1.73. The summed E-state index contributed by atoms with van der Waals surface area (Å²) in [5, 5.41) is 7.32. The summed E-state index contributed by atoms with van der Waals surface area (Å²) in [6.07, 6.45) is 2.85. The van der Waals surface area contributed by atoms with Crippen LogP contribution in [-0.4, -0.2) is 46.6 Å². The topological polar surface area (TPSA) is 58.4 Å². The number of thioether (sulfide) groups is 1. The van der Waals surface area contributed by atoms with E-state index in [2.05, 4.69) is 29.2 Å². The summed E-state index contributed by atoms with van der Waals surface area (Å²) in [4.78, 5) is 14.8. The number of hydrogen-bond donors (Lipinski definition) is 1. The maximum atomic E-state index is 13.1. The number of carbonyl (C=O) groups is 1. The number of aromatic nitrogens is 1. The van der Waals surface area contributed by atoms with Crippen LogP contribution in [0.3, 0.4) is 0 Å². The quantitative estimate of drug-likeness (QED) is 0.782. The summed E-state index contributed by atoms with van der Waals surface area (Å²) in [6, 6.07) is 7.99. The molecule has 0 radical (unpaired) electrons. The van der Waals surface area contributed by atoms with Crippen molar-refractivity contribution in [1.29, 1.82) is 0 Å². The van der Waals surface area contributed by atoms with Gasteiger partial charge in [0.1, 0.15) is 5.82 Å². The second-order valence-corrected chi connectivity index (χ2v) is 8.34. The van der Waals surface area contributed by atoms with Crippen LogP contribution < -0.4 is 5.32 Å². The molecule has 5 nitrogen and oxygen atoms in total. The molecule has 7 heteroatoms. The minimum Gasteiger partial charge on any atom is -0.356 e. The van der Waals surface area contributed by atoms with Gasteiger partial charge in [-0.3, -0.25) is 9.69 Å². The number of piperazine rings is 1. The second kappa shape index (κ2) is 8.89. The van der Waals surface area contributed by atoms with Crippen molar-refractivity contribution < 1.29 is 13.7 Å². The van der Waals surface area contributed by atoms with Crippen LogP contribution in [0.5, 0.6) is 0 Å². The third-order valence-electron chi connectivity index (χ3n) is 4.66. The number of benzene rings is 1. The molecule has 1 N–H and O–H groups in total. The molecule has 146 valence electrons. The predicted octanol–water partition coefficient (Wildman–Crippen LogP) is 3.56. The summed E-state index contributed by atoms with van der Waals surface area (Å²) in [5.74, 6) is 1.72. The third-order valence-corrected chi connectivity index (χ3v) is 5.40. The summed E-state index contributed by atoms with van der Waals surface area (Å²) in [6.45, 7) is 5.60. The molecule has 2 unspecified atom stereocenters. The molecular weight excluding hydrogens is 365 g/mol. The molecule has 1 aliphatic rings. The number of nitrogens with one attached hydrogen (secondary N) is 1. The Bertz CT molecular complexity index is 763. The smallest absolute Gasteiger partial charge is 0.237 e. The number of halogens is 1. The second-order valence-electron chi connectivity index (χ2n) is 7.43. The molecule has 0 saturated carbocycles. The van der Waals surface area contributed by atoms with E-state index in [1.807, 2.05) is 12.3 Å². The fourth-order valence-electron chi connectivity index (χ4n) is 3.44. The number of hydrogen-bond acceptors (Lipinski definition) is 5. The normalized spacial score (nSPS) is 20.9. The number of carbonyl (C=O) groups excluding carboxylic acids is 1. The van der Waals surface area contributed by atoms with Crippen molar-refractivity contribution in [3.63, 3.8) is 0 Å². The lowest BCUT2D eigenvalue weighted by Gasteiger charge is -2.39. The van der Waals surface area contributed by atoms with Crippen LogP contribution in [0.2, 0.25) is 0 Å². The molecule has 1 saturated heterocycles. The Hall–Kier alpha value is -1.86. The highest BCUT2D eigenvalue weighted by Gasteiger charge is 2.35. The SMILES string of the molecule is CSCC1CN(Cc2cc(-c3ccc(F)cc3)on2)C(CC(C)C)C(=O)N1. The van der Waals surface area contributed by atoms with Crippen molar-refractivity contribution in [2.24, 2.45) is 5.92 Å². The molecule has 1 fully saturated rings. The lowest BCUT2D eigenvalue weighted by Crippen LogP contribution is -2.60. The van der Waals surface area contributed by atoms with Gasteiger partial charge in [0.25, 0.3) is 0 Å². The van der Waals surface area contributed by atoms with Crippen LogP contribution in [0, 0.1) is 11.7 Å². The highest BCUT2D eigenvalue weighted by molar-refractivity contribution is 7.98. The van der Waals surface area contributed by atoms with Crippen LogP contribution in [-0.2, 0) is 11.3 Å². The van der Waals surface area contributed by atoms with Gasteiger partial charge >= 0.3 is 0 Å². The highest BCUT2D eigenvalue weighted by atomic mass is 32.2. The van der Waals surface area contributed by atoms with Gasteiger partial charge in [0.2, 0.25) is 5.91 Å². The van der Waals surface area contributed by atoms with Gasteiger partial charge < -0.3 is 9.84 Å². The lowest BCUT2D eigenvalue weighted by molar-refractivity contribution is -0.131. The maximum absolute atomic E-state index is 13.1. The van der Waals surface area contributed by atoms with Gasteiger partial charge in [-0.2, -0.15) is 11.8 Å². The van der Waals surface area contributed by atoms with E-state index in [1.54, 1.807) is 23.9 Å². The largest absolute Gasteiger partial charge is 0.356 e. The van der Waals surface area contributed by atoms with Crippen LogP contribution in [0.25, 0.3) is 11.3 Å². The number of nitrogens with zero attached hydrogens (tertiary/aromatic N) is 2. The van der Waals surface area contributed by atoms with E-state index >= 15 is 0 Å². The molecule has 0 spiro atoms. The predicted molar refractivity (Wildman–Crippen MR) is 106 cm³/mol. The standard InChI is InChI=1S/C20H26FN3O2S/c1-13(2)8-18-20(25)22-17(12-27-3)11-24(18)10-16-9-19(26-23-16)14-4-6-15(21)7-5-14/h4-7,9,13,17-18H,8,10-12H2,1-3H3,(H,22,25). The molecule has 1 aliphatic heterocycles. The molecular formula is C20H26FN3O2S. The monoisotopic (exact) mass is 391 g/mol. The van der Waals surface area contributed by atoms with Crippen molar-refractivity contribution in [1.82, 2.24) is 15.4 Å². The van der Waals surface area contributed by atoms with Gasteiger partial charge in [0.15, 0.2) is 5.76 Å². The van der Waals surface area contributed by atoms with Crippen molar-refractivity contribution >= 4 is 17.7 Å². The Kier molecular flexibility index (Phi) is 6.55. The van der Waals surface area contributed by atoms with Crippen molar-refractivity contribution in [2.45, 2.75) is 38.9 Å². The van der Waals surface area contributed by atoms with Gasteiger partial charge in [-0.1, -0.05) is 19.0 Å². The van der Waals surface area contributed by atoms with Crippen molar-refractivity contribution in [2.75, 3.05) is 18.6 Å². The van der Waals surface area contributed by atoms with E-state index in [-0.39, 0.29) is 23.8 Å². The fourth-order valence-corrected chi connectivity index (χ4v) is 4.03. The van der Waals surface area contributed by atoms with E-state index in [0.717, 1.165) is 30.0 Å². The van der Waals surface area contributed by atoms with Crippen LogP contribution in [0.4, 0.5) is 4.39 Å². The van der Waals surface area contributed by atoms with Crippen LogP contribution >= 0.6 is 11.8 Å².